The minimum atomic E-state index is -0.419. The third kappa shape index (κ3) is 4.75. The smallest absolute Gasteiger partial charge is 0.326 e. The average molecular weight is 471 g/mol. The van der Waals surface area contributed by atoms with Crippen LogP contribution in [0.2, 0.25) is 0 Å². The van der Waals surface area contributed by atoms with Crippen molar-refractivity contribution in [3.05, 3.63) is 82.3 Å². The number of carbonyl (C=O) groups excluding carboxylic acids is 1. The zero-order valence-electron chi connectivity index (χ0n) is 20.6. The number of para-hydroxylation sites is 1. The summed E-state index contributed by atoms with van der Waals surface area (Å²) in [5.74, 6) is 0.418. The highest BCUT2D eigenvalue weighted by molar-refractivity contribution is 6.03. The second kappa shape index (κ2) is 9.62. The molecular weight excluding hydrogens is 440 g/mol. The first-order valence-corrected chi connectivity index (χ1v) is 11.7. The van der Waals surface area contributed by atoms with Crippen LogP contribution in [0.1, 0.15) is 50.7 Å². The summed E-state index contributed by atoms with van der Waals surface area (Å²) in [5, 5.41) is 14.2. The summed E-state index contributed by atoms with van der Waals surface area (Å²) in [7, 11) is 1.57. The number of phenolic OH excluding ortho intramolecular Hbond substituents is 1. The third-order valence-electron chi connectivity index (χ3n) is 6.15. The highest BCUT2D eigenvalue weighted by Crippen LogP contribution is 2.39. The summed E-state index contributed by atoms with van der Waals surface area (Å²) in [6.45, 7) is 8.26. The molecule has 0 bridgehead atoms. The molecule has 0 saturated heterocycles. The predicted octanol–water partition coefficient (Wildman–Crippen LogP) is 6.21. The van der Waals surface area contributed by atoms with E-state index in [0.29, 0.717) is 5.65 Å². The van der Waals surface area contributed by atoms with E-state index in [-0.39, 0.29) is 23.3 Å². The van der Waals surface area contributed by atoms with Crippen molar-refractivity contribution in [2.24, 2.45) is 0 Å². The van der Waals surface area contributed by atoms with Crippen LogP contribution in [0.5, 0.6) is 5.75 Å². The zero-order valence-corrected chi connectivity index (χ0v) is 20.6. The molecule has 0 unspecified atom stereocenters. The van der Waals surface area contributed by atoms with Crippen molar-refractivity contribution < 1.29 is 9.90 Å². The van der Waals surface area contributed by atoms with E-state index in [1.807, 2.05) is 30.3 Å². The quantitative estimate of drug-likeness (QED) is 0.323. The first-order chi connectivity index (χ1) is 16.7. The lowest BCUT2D eigenvalue weighted by atomic mass is 9.88. The van der Waals surface area contributed by atoms with Crippen LogP contribution < -0.4 is 15.8 Å². The van der Waals surface area contributed by atoms with Crippen LogP contribution in [0, 0.1) is 0 Å². The van der Waals surface area contributed by atoms with E-state index in [1.165, 1.54) is 4.90 Å². The SMILES string of the molecule is CC(C)c1cc(-c2ccccc2O)cc(C(C)C)c1NC(=O)N(C)c1cc2cccnc2[nH]c1=O. The van der Waals surface area contributed by atoms with Crippen LogP contribution in [-0.4, -0.2) is 28.2 Å². The van der Waals surface area contributed by atoms with Crippen LogP contribution in [0.3, 0.4) is 0 Å². The number of anilines is 2. The van der Waals surface area contributed by atoms with E-state index >= 15 is 0 Å². The molecule has 0 atom stereocenters. The molecule has 2 amide bonds. The number of hydrogen-bond acceptors (Lipinski definition) is 4. The number of urea groups is 1. The highest BCUT2D eigenvalue weighted by Gasteiger charge is 2.22. The summed E-state index contributed by atoms with van der Waals surface area (Å²) in [4.78, 5) is 34.3. The number of nitrogens with zero attached hydrogens (tertiary/aromatic N) is 2. The molecule has 7 nitrogen and oxygen atoms in total. The number of carbonyl (C=O) groups is 1. The van der Waals surface area contributed by atoms with Gasteiger partial charge in [-0.25, -0.2) is 9.78 Å². The summed E-state index contributed by atoms with van der Waals surface area (Å²) in [5.41, 5.74) is 4.57. The van der Waals surface area contributed by atoms with E-state index in [2.05, 4.69) is 43.0 Å². The Kier molecular flexibility index (Phi) is 6.60. The van der Waals surface area contributed by atoms with Crippen LogP contribution >= 0.6 is 0 Å². The second-order valence-electron chi connectivity index (χ2n) is 9.27. The number of nitrogens with one attached hydrogen (secondary N) is 2. The van der Waals surface area contributed by atoms with Crippen LogP contribution in [0.15, 0.2) is 65.6 Å². The van der Waals surface area contributed by atoms with Gasteiger partial charge in [-0.2, -0.15) is 0 Å². The Labute approximate surface area is 204 Å². The minimum Gasteiger partial charge on any atom is -0.507 e. The van der Waals surface area contributed by atoms with E-state index in [9.17, 15) is 14.7 Å². The molecule has 2 aromatic heterocycles. The fraction of sp³-hybridized carbons (Fsp3) is 0.250. The number of amides is 2. The number of phenols is 1. The Morgan fingerprint density at radius 2 is 1.66 bits per heavy atom. The van der Waals surface area contributed by atoms with E-state index in [4.69, 9.17) is 0 Å². The standard InChI is InChI=1S/C28H30N4O3/c1-16(2)21-13-19(20-10-6-7-11-24(20)33)14-22(17(3)4)25(21)30-28(35)32(5)23-15-18-9-8-12-29-26(18)31-27(23)34/h6-17,33H,1-5H3,(H,30,35)(H,29,31,34). The topological polar surface area (TPSA) is 98.3 Å². The Hall–Kier alpha value is -4.13. The van der Waals surface area contributed by atoms with Crippen molar-refractivity contribution in [1.29, 1.82) is 0 Å². The van der Waals surface area contributed by atoms with Gasteiger partial charge in [0.2, 0.25) is 0 Å². The molecule has 0 aliphatic heterocycles. The Morgan fingerprint density at radius 3 is 2.29 bits per heavy atom. The predicted molar refractivity (Wildman–Crippen MR) is 142 cm³/mol. The van der Waals surface area contributed by atoms with Gasteiger partial charge in [0.05, 0.1) is 0 Å². The number of rotatable bonds is 5. The maximum atomic E-state index is 13.4. The van der Waals surface area contributed by atoms with E-state index in [1.54, 1.807) is 37.5 Å². The fourth-order valence-corrected chi connectivity index (χ4v) is 4.19. The first kappa shape index (κ1) is 24.0. The molecule has 35 heavy (non-hydrogen) atoms. The van der Waals surface area contributed by atoms with Gasteiger partial charge in [0.1, 0.15) is 17.1 Å². The molecule has 0 saturated carbocycles. The maximum Gasteiger partial charge on any atom is 0.326 e. The Balaban J connectivity index is 1.76. The number of H-pyrrole nitrogens is 1. The number of aromatic hydroxyl groups is 1. The largest absolute Gasteiger partial charge is 0.507 e. The molecule has 4 aromatic rings. The van der Waals surface area contributed by atoms with Crippen molar-refractivity contribution in [2.75, 3.05) is 17.3 Å². The van der Waals surface area contributed by atoms with Crippen molar-refractivity contribution in [3.8, 4) is 16.9 Å². The van der Waals surface area contributed by atoms with E-state index < -0.39 is 11.6 Å². The van der Waals surface area contributed by atoms with Crippen molar-refractivity contribution >= 4 is 28.4 Å². The van der Waals surface area contributed by atoms with Crippen LogP contribution in [0.25, 0.3) is 22.2 Å². The van der Waals surface area contributed by atoms with Gasteiger partial charge >= 0.3 is 6.03 Å². The van der Waals surface area contributed by atoms with Crippen LogP contribution in [-0.2, 0) is 0 Å². The molecule has 2 aromatic carbocycles. The summed E-state index contributed by atoms with van der Waals surface area (Å²) in [6, 6.07) is 16.1. The van der Waals surface area contributed by atoms with Gasteiger partial charge in [-0.3, -0.25) is 9.69 Å². The van der Waals surface area contributed by atoms with Gasteiger partial charge in [-0.05, 0) is 64.9 Å². The molecule has 4 rings (SSSR count). The minimum absolute atomic E-state index is 0.106. The molecule has 7 heteroatoms. The molecule has 2 heterocycles. The number of aromatic nitrogens is 2. The van der Waals surface area contributed by atoms with Crippen molar-refractivity contribution in [3.63, 3.8) is 0 Å². The molecule has 3 N–H and O–H groups in total. The van der Waals surface area contributed by atoms with Gasteiger partial charge in [0.15, 0.2) is 0 Å². The monoisotopic (exact) mass is 470 g/mol. The number of benzene rings is 2. The lowest BCUT2D eigenvalue weighted by Gasteiger charge is -2.25. The van der Waals surface area contributed by atoms with Gasteiger partial charge < -0.3 is 15.4 Å². The van der Waals surface area contributed by atoms with Gasteiger partial charge in [-0.15, -0.1) is 0 Å². The molecule has 0 spiro atoms. The lowest BCUT2D eigenvalue weighted by Crippen LogP contribution is -2.35. The molecule has 0 radical (unpaired) electrons. The number of pyridine rings is 2. The number of hydrogen-bond donors (Lipinski definition) is 3. The molecule has 0 aliphatic rings. The third-order valence-corrected chi connectivity index (χ3v) is 6.15. The summed E-state index contributed by atoms with van der Waals surface area (Å²) < 4.78 is 0. The van der Waals surface area contributed by atoms with Crippen molar-refractivity contribution in [2.45, 2.75) is 39.5 Å². The van der Waals surface area contributed by atoms with Crippen LogP contribution in [0.4, 0.5) is 16.2 Å². The Bertz CT molecular complexity index is 1430. The number of fused-ring (bicyclic) bond motifs is 1. The normalized spacial score (nSPS) is 11.3. The first-order valence-electron chi connectivity index (χ1n) is 11.7. The zero-order chi connectivity index (χ0) is 25.3. The van der Waals surface area contributed by atoms with Crippen molar-refractivity contribution in [1.82, 2.24) is 9.97 Å². The molecule has 180 valence electrons. The van der Waals surface area contributed by atoms with E-state index in [0.717, 1.165) is 33.3 Å². The molecular formula is C28H30N4O3. The number of aromatic amines is 1. The van der Waals surface area contributed by atoms with Gasteiger partial charge in [0.25, 0.3) is 5.56 Å². The Morgan fingerprint density at radius 1 is 1.00 bits per heavy atom. The summed E-state index contributed by atoms with van der Waals surface area (Å²) >= 11 is 0. The summed E-state index contributed by atoms with van der Waals surface area (Å²) in [6.07, 6.45) is 1.61. The van der Waals surface area contributed by atoms with Gasteiger partial charge in [-0.1, -0.05) is 45.9 Å². The lowest BCUT2D eigenvalue weighted by molar-refractivity contribution is 0.258. The maximum absolute atomic E-state index is 13.4. The molecule has 0 aliphatic carbocycles. The molecule has 0 fully saturated rings. The highest BCUT2D eigenvalue weighted by atomic mass is 16.3. The second-order valence-corrected chi connectivity index (χ2v) is 9.27. The average Bonchev–Trinajstić information content (AvgIpc) is 2.83. The van der Waals surface area contributed by atoms with Gasteiger partial charge in [0, 0.05) is 29.9 Å². The fourth-order valence-electron chi connectivity index (χ4n) is 4.19.